The van der Waals surface area contributed by atoms with Gasteiger partial charge in [-0.05, 0) is 37.8 Å². The van der Waals surface area contributed by atoms with E-state index in [9.17, 15) is 9.59 Å². The number of nitrogens with one attached hydrogen (secondary N) is 1. The largest absolute Gasteiger partial charge is 0.337 e. The molecule has 3 aliphatic rings. The van der Waals surface area contributed by atoms with E-state index in [-0.39, 0.29) is 23.4 Å². The van der Waals surface area contributed by atoms with Gasteiger partial charge in [0.1, 0.15) is 0 Å². The zero-order valence-corrected chi connectivity index (χ0v) is 19.0. The van der Waals surface area contributed by atoms with Gasteiger partial charge in [-0.3, -0.25) is 19.6 Å². The SMILES string of the molecule is O=C(C1CCC1)N1CCc2nc3cc(C4CCCCN4Cc4ccccc4)[nH]n3c(=O)c2C1. The van der Waals surface area contributed by atoms with Crippen molar-refractivity contribution in [2.75, 3.05) is 13.1 Å². The maximum atomic E-state index is 13.4. The average Bonchev–Trinajstić information content (AvgIpc) is 3.23. The molecular formula is C26H31N5O2. The van der Waals surface area contributed by atoms with Gasteiger partial charge in [-0.1, -0.05) is 43.2 Å². The van der Waals surface area contributed by atoms with Crippen LogP contribution in [-0.4, -0.2) is 43.4 Å². The average molecular weight is 446 g/mol. The monoisotopic (exact) mass is 445 g/mol. The first-order valence-corrected chi connectivity index (χ1v) is 12.4. The van der Waals surface area contributed by atoms with E-state index in [4.69, 9.17) is 4.98 Å². The molecule has 2 aromatic heterocycles. The molecule has 2 fully saturated rings. The Bertz CT molecular complexity index is 1230. The van der Waals surface area contributed by atoms with E-state index >= 15 is 0 Å². The molecular weight excluding hydrogens is 414 g/mol. The number of piperidine rings is 1. The molecule has 0 radical (unpaired) electrons. The number of aromatic nitrogens is 3. The third-order valence-electron chi connectivity index (χ3n) is 7.75. The molecule has 1 aliphatic carbocycles. The van der Waals surface area contributed by atoms with Crippen LogP contribution in [0.3, 0.4) is 0 Å². The van der Waals surface area contributed by atoms with Gasteiger partial charge >= 0.3 is 0 Å². The molecule has 0 spiro atoms. The lowest BCUT2D eigenvalue weighted by Crippen LogP contribution is -2.44. The second-order valence-electron chi connectivity index (χ2n) is 9.85. The number of H-pyrrole nitrogens is 1. The van der Waals surface area contributed by atoms with Crippen molar-refractivity contribution in [1.29, 1.82) is 0 Å². The number of hydrogen-bond acceptors (Lipinski definition) is 4. The lowest BCUT2D eigenvalue weighted by molar-refractivity contribution is -0.139. The van der Waals surface area contributed by atoms with E-state index in [2.05, 4.69) is 46.4 Å². The maximum absolute atomic E-state index is 13.4. The van der Waals surface area contributed by atoms with Crippen LogP contribution in [0.2, 0.25) is 0 Å². The minimum absolute atomic E-state index is 0.0576. The summed E-state index contributed by atoms with van der Waals surface area (Å²) in [6, 6.07) is 12.9. The summed E-state index contributed by atoms with van der Waals surface area (Å²) in [6.07, 6.45) is 7.21. The highest BCUT2D eigenvalue weighted by atomic mass is 16.2. The fraction of sp³-hybridized carbons (Fsp3) is 0.500. The van der Waals surface area contributed by atoms with Gasteiger partial charge in [0.25, 0.3) is 5.56 Å². The van der Waals surface area contributed by atoms with Crippen LogP contribution >= 0.6 is 0 Å². The van der Waals surface area contributed by atoms with Crippen molar-refractivity contribution in [2.24, 2.45) is 5.92 Å². The van der Waals surface area contributed by atoms with Crippen molar-refractivity contribution in [3.8, 4) is 0 Å². The molecule has 0 bridgehead atoms. The highest BCUT2D eigenvalue weighted by Gasteiger charge is 2.33. The van der Waals surface area contributed by atoms with E-state index in [1.807, 2.05) is 4.90 Å². The Balaban J connectivity index is 1.29. The molecule has 33 heavy (non-hydrogen) atoms. The summed E-state index contributed by atoms with van der Waals surface area (Å²) in [5.41, 5.74) is 4.52. The van der Waals surface area contributed by atoms with Gasteiger partial charge in [-0.25, -0.2) is 9.50 Å². The summed E-state index contributed by atoms with van der Waals surface area (Å²) in [7, 11) is 0. The number of fused-ring (bicyclic) bond motifs is 2. The summed E-state index contributed by atoms with van der Waals surface area (Å²) < 4.78 is 1.60. The van der Waals surface area contributed by atoms with Gasteiger partial charge in [0.05, 0.1) is 29.5 Å². The zero-order chi connectivity index (χ0) is 22.4. The molecule has 6 rings (SSSR count). The summed E-state index contributed by atoms with van der Waals surface area (Å²) in [6.45, 7) is 3.00. The van der Waals surface area contributed by atoms with Gasteiger partial charge in [-0.15, -0.1) is 0 Å². The van der Waals surface area contributed by atoms with E-state index in [1.165, 1.54) is 18.4 Å². The first-order valence-electron chi connectivity index (χ1n) is 12.4. The number of likely N-dealkylation sites (tertiary alicyclic amines) is 1. The van der Waals surface area contributed by atoms with Crippen LogP contribution in [0.25, 0.3) is 5.65 Å². The molecule has 3 aromatic rings. The van der Waals surface area contributed by atoms with Crippen molar-refractivity contribution in [3.05, 3.63) is 69.3 Å². The third-order valence-corrected chi connectivity index (χ3v) is 7.75. The van der Waals surface area contributed by atoms with Crippen LogP contribution in [0.4, 0.5) is 0 Å². The molecule has 1 unspecified atom stereocenters. The fourth-order valence-electron chi connectivity index (χ4n) is 5.62. The standard InChI is InChI=1S/C26H31N5O2/c32-25(19-9-6-10-19)30-14-12-21-20(17-30)26(33)31-24(27-21)15-22(28-31)23-11-4-5-13-29(23)16-18-7-2-1-3-8-18/h1-3,7-8,15,19,23,28H,4-6,9-14,16-17H2. The fourth-order valence-corrected chi connectivity index (χ4v) is 5.62. The summed E-state index contributed by atoms with van der Waals surface area (Å²) in [4.78, 5) is 35.4. The maximum Gasteiger partial charge on any atom is 0.277 e. The lowest BCUT2D eigenvalue weighted by atomic mass is 9.84. The summed E-state index contributed by atoms with van der Waals surface area (Å²) >= 11 is 0. The van der Waals surface area contributed by atoms with Crippen molar-refractivity contribution in [2.45, 2.75) is 64.1 Å². The van der Waals surface area contributed by atoms with Crippen LogP contribution in [0.1, 0.15) is 67.1 Å². The van der Waals surface area contributed by atoms with Crippen molar-refractivity contribution in [1.82, 2.24) is 24.4 Å². The molecule has 7 nitrogen and oxygen atoms in total. The predicted molar refractivity (Wildman–Crippen MR) is 126 cm³/mol. The quantitative estimate of drug-likeness (QED) is 0.668. The van der Waals surface area contributed by atoms with Crippen LogP contribution in [-0.2, 0) is 24.3 Å². The van der Waals surface area contributed by atoms with Crippen LogP contribution in [0.15, 0.2) is 41.2 Å². The molecule has 1 aromatic carbocycles. The van der Waals surface area contributed by atoms with Gasteiger partial charge in [0.15, 0.2) is 5.65 Å². The number of carbonyl (C=O) groups excluding carboxylic acids is 1. The Kier molecular flexibility index (Phi) is 5.29. The van der Waals surface area contributed by atoms with Crippen molar-refractivity contribution < 1.29 is 4.79 Å². The van der Waals surface area contributed by atoms with Crippen molar-refractivity contribution in [3.63, 3.8) is 0 Å². The normalized spacial score (nSPS) is 21.7. The Morgan fingerprint density at radius 2 is 1.91 bits per heavy atom. The summed E-state index contributed by atoms with van der Waals surface area (Å²) in [5, 5.41) is 3.39. The number of amides is 1. The van der Waals surface area contributed by atoms with Crippen LogP contribution in [0, 0.1) is 5.92 Å². The number of rotatable bonds is 4. The molecule has 1 amide bonds. The third kappa shape index (κ3) is 3.78. The zero-order valence-electron chi connectivity index (χ0n) is 19.0. The molecule has 2 aliphatic heterocycles. The second kappa shape index (κ2) is 8.45. The highest BCUT2D eigenvalue weighted by Crippen LogP contribution is 2.32. The van der Waals surface area contributed by atoms with Crippen molar-refractivity contribution >= 4 is 11.6 Å². The number of aromatic amines is 1. The predicted octanol–water partition coefficient (Wildman–Crippen LogP) is 3.43. The number of hydrogen-bond donors (Lipinski definition) is 1. The Morgan fingerprint density at radius 3 is 2.70 bits per heavy atom. The number of nitrogens with zero attached hydrogens (tertiary/aromatic N) is 4. The minimum Gasteiger partial charge on any atom is -0.337 e. The first kappa shape index (κ1) is 20.7. The van der Waals surface area contributed by atoms with Gasteiger partial charge < -0.3 is 4.90 Å². The van der Waals surface area contributed by atoms with E-state index < -0.39 is 0 Å². The topological polar surface area (TPSA) is 73.7 Å². The second-order valence-corrected chi connectivity index (χ2v) is 9.85. The first-order chi connectivity index (χ1) is 16.2. The molecule has 1 atom stereocenters. The van der Waals surface area contributed by atoms with Gasteiger partial charge in [0.2, 0.25) is 5.91 Å². The Labute approximate surface area is 193 Å². The van der Waals surface area contributed by atoms with Gasteiger partial charge in [-0.2, -0.15) is 0 Å². The summed E-state index contributed by atoms with van der Waals surface area (Å²) in [5.74, 6) is 0.368. The van der Waals surface area contributed by atoms with Gasteiger partial charge in [0, 0.05) is 31.5 Å². The van der Waals surface area contributed by atoms with E-state index in [1.54, 1.807) is 4.52 Å². The molecule has 4 heterocycles. The minimum atomic E-state index is -0.0576. The number of carbonyl (C=O) groups is 1. The molecule has 172 valence electrons. The lowest BCUT2D eigenvalue weighted by Gasteiger charge is -2.35. The number of benzene rings is 1. The molecule has 1 saturated heterocycles. The Hall–Kier alpha value is -2.93. The smallest absolute Gasteiger partial charge is 0.277 e. The highest BCUT2D eigenvalue weighted by molar-refractivity contribution is 5.79. The molecule has 1 N–H and O–H groups in total. The molecule has 1 saturated carbocycles. The van der Waals surface area contributed by atoms with Crippen LogP contribution in [0.5, 0.6) is 0 Å². The Morgan fingerprint density at radius 1 is 1.06 bits per heavy atom. The van der Waals surface area contributed by atoms with E-state index in [0.717, 1.165) is 50.2 Å². The van der Waals surface area contributed by atoms with Crippen LogP contribution < -0.4 is 5.56 Å². The van der Waals surface area contributed by atoms with E-state index in [0.29, 0.717) is 30.7 Å². The molecule has 7 heteroatoms.